The van der Waals surface area contributed by atoms with Crippen LogP contribution >= 0.6 is 11.6 Å². The van der Waals surface area contributed by atoms with Crippen molar-refractivity contribution in [2.24, 2.45) is 0 Å². The molecule has 0 spiro atoms. The number of hydrogen-bond acceptors (Lipinski definition) is 2. The van der Waals surface area contributed by atoms with Crippen LogP contribution in [-0.4, -0.2) is 19.6 Å². The van der Waals surface area contributed by atoms with Crippen LogP contribution in [0.2, 0.25) is 5.02 Å². The second-order valence-corrected chi connectivity index (χ2v) is 3.72. The molecule has 0 bridgehead atoms. The molecule has 0 saturated heterocycles. The minimum Gasteiger partial charge on any atom is -0.482 e. The first kappa shape index (κ1) is 9.34. The highest BCUT2D eigenvalue weighted by Crippen LogP contribution is 2.35. The summed E-state index contributed by atoms with van der Waals surface area (Å²) >= 11 is 5.95. The average molecular weight is 212 g/mol. The monoisotopic (exact) mass is 211 g/mol. The van der Waals surface area contributed by atoms with E-state index in [1.165, 1.54) is 0 Å². The maximum absolute atomic E-state index is 11.3. The Morgan fingerprint density at radius 3 is 2.93 bits per heavy atom. The van der Waals surface area contributed by atoms with Gasteiger partial charge in [0, 0.05) is 18.1 Å². The molecule has 1 amide bonds. The first-order valence-corrected chi connectivity index (χ1v) is 4.67. The van der Waals surface area contributed by atoms with E-state index in [0.29, 0.717) is 10.8 Å². The van der Waals surface area contributed by atoms with E-state index >= 15 is 0 Å². The molecular formula is C10H10ClNO2. The summed E-state index contributed by atoms with van der Waals surface area (Å²) in [5, 5.41) is 0.659. The summed E-state index contributed by atoms with van der Waals surface area (Å²) in [4.78, 5) is 12.9. The Labute approximate surface area is 87.2 Å². The lowest BCUT2D eigenvalue weighted by Crippen LogP contribution is -2.35. The van der Waals surface area contributed by atoms with Gasteiger partial charge in [0.25, 0.3) is 5.91 Å². The molecule has 3 nitrogen and oxygen atoms in total. The number of benzene rings is 1. The first-order valence-electron chi connectivity index (χ1n) is 4.29. The van der Waals surface area contributed by atoms with Crippen LogP contribution in [0.15, 0.2) is 12.1 Å². The third-order valence-electron chi connectivity index (χ3n) is 2.33. The number of hydrogen-bond donors (Lipinski definition) is 0. The Bertz CT molecular complexity index is 403. The minimum absolute atomic E-state index is 0.0424. The highest BCUT2D eigenvalue weighted by Gasteiger charge is 2.22. The molecule has 0 N–H and O–H groups in total. The van der Waals surface area contributed by atoms with Crippen molar-refractivity contribution in [2.75, 3.05) is 18.6 Å². The summed E-state index contributed by atoms with van der Waals surface area (Å²) in [6.07, 6.45) is 0. The van der Waals surface area contributed by atoms with Crippen molar-refractivity contribution in [1.82, 2.24) is 0 Å². The molecule has 1 aromatic rings. The number of aryl methyl sites for hydroxylation is 1. The standard InChI is InChI=1S/C10H10ClNO2/c1-6-3-8-9(4-7(6)11)14-5-10(13)12(8)2/h3-4H,5H2,1-2H3. The second-order valence-electron chi connectivity index (χ2n) is 3.31. The molecule has 1 heterocycles. The van der Waals surface area contributed by atoms with E-state index in [2.05, 4.69) is 0 Å². The normalized spacial score (nSPS) is 15.1. The quantitative estimate of drug-likeness (QED) is 0.657. The van der Waals surface area contributed by atoms with Crippen molar-refractivity contribution in [1.29, 1.82) is 0 Å². The fraction of sp³-hybridized carbons (Fsp3) is 0.300. The Morgan fingerprint density at radius 1 is 1.50 bits per heavy atom. The molecule has 0 atom stereocenters. The molecular weight excluding hydrogens is 202 g/mol. The van der Waals surface area contributed by atoms with Crippen LogP contribution in [-0.2, 0) is 4.79 Å². The molecule has 1 aliphatic heterocycles. The van der Waals surface area contributed by atoms with Gasteiger partial charge < -0.3 is 9.64 Å². The van der Waals surface area contributed by atoms with Crippen LogP contribution in [0.4, 0.5) is 5.69 Å². The Balaban J connectivity index is 2.55. The third-order valence-corrected chi connectivity index (χ3v) is 2.73. The van der Waals surface area contributed by atoms with Gasteiger partial charge in [-0.1, -0.05) is 11.6 Å². The van der Waals surface area contributed by atoms with Gasteiger partial charge in [0.15, 0.2) is 6.61 Å². The largest absolute Gasteiger partial charge is 0.482 e. The molecule has 2 rings (SSSR count). The molecule has 1 aromatic carbocycles. The molecule has 0 aliphatic carbocycles. The first-order chi connectivity index (χ1) is 6.59. The maximum Gasteiger partial charge on any atom is 0.264 e. The van der Waals surface area contributed by atoms with Gasteiger partial charge in [0.05, 0.1) is 5.69 Å². The molecule has 74 valence electrons. The van der Waals surface area contributed by atoms with Crippen molar-refractivity contribution in [3.8, 4) is 5.75 Å². The molecule has 0 aromatic heterocycles. The smallest absolute Gasteiger partial charge is 0.264 e. The van der Waals surface area contributed by atoms with Crippen molar-refractivity contribution in [3.05, 3.63) is 22.7 Å². The van der Waals surface area contributed by atoms with Crippen LogP contribution in [0.3, 0.4) is 0 Å². The fourth-order valence-electron chi connectivity index (χ4n) is 1.40. The van der Waals surface area contributed by atoms with Gasteiger partial charge in [-0.05, 0) is 18.6 Å². The summed E-state index contributed by atoms with van der Waals surface area (Å²) in [5.74, 6) is 0.627. The Hall–Kier alpha value is -1.22. The summed E-state index contributed by atoms with van der Waals surface area (Å²) in [7, 11) is 1.73. The SMILES string of the molecule is Cc1cc2c(cc1Cl)OCC(=O)N2C. The van der Waals surface area contributed by atoms with Crippen molar-refractivity contribution in [2.45, 2.75) is 6.92 Å². The van der Waals surface area contributed by atoms with E-state index in [1.807, 2.05) is 13.0 Å². The zero-order chi connectivity index (χ0) is 10.3. The molecule has 0 saturated carbocycles. The van der Waals surface area contributed by atoms with Gasteiger partial charge in [-0.3, -0.25) is 4.79 Å². The molecule has 0 radical (unpaired) electrons. The number of carbonyl (C=O) groups excluding carboxylic acids is 1. The lowest BCUT2D eigenvalue weighted by molar-refractivity contribution is -0.120. The van der Waals surface area contributed by atoms with Gasteiger partial charge in [0.2, 0.25) is 0 Å². The number of carbonyl (C=O) groups is 1. The average Bonchev–Trinajstić information content (AvgIpc) is 2.15. The van der Waals surface area contributed by atoms with E-state index in [0.717, 1.165) is 11.3 Å². The van der Waals surface area contributed by atoms with E-state index in [4.69, 9.17) is 16.3 Å². The van der Waals surface area contributed by atoms with Gasteiger partial charge in [-0.15, -0.1) is 0 Å². The summed E-state index contributed by atoms with van der Waals surface area (Å²) < 4.78 is 5.27. The second kappa shape index (κ2) is 3.17. The highest BCUT2D eigenvalue weighted by molar-refractivity contribution is 6.31. The van der Waals surface area contributed by atoms with Crippen molar-refractivity contribution < 1.29 is 9.53 Å². The third kappa shape index (κ3) is 1.34. The molecule has 14 heavy (non-hydrogen) atoms. The molecule has 4 heteroatoms. The number of anilines is 1. The van der Waals surface area contributed by atoms with Crippen LogP contribution < -0.4 is 9.64 Å². The Morgan fingerprint density at radius 2 is 2.21 bits per heavy atom. The number of ether oxygens (including phenoxy) is 1. The topological polar surface area (TPSA) is 29.5 Å². The highest BCUT2D eigenvalue weighted by atomic mass is 35.5. The lowest BCUT2D eigenvalue weighted by atomic mass is 10.1. The van der Waals surface area contributed by atoms with Gasteiger partial charge in [-0.25, -0.2) is 0 Å². The van der Waals surface area contributed by atoms with Crippen LogP contribution in [0.5, 0.6) is 5.75 Å². The number of nitrogens with zero attached hydrogens (tertiary/aromatic N) is 1. The van der Waals surface area contributed by atoms with E-state index in [-0.39, 0.29) is 12.5 Å². The van der Waals surface area contributed by atoms with Gasteiger partial charge in [-0.2, -0.15) is 0 Å². The van der Waals surface area contributed by atoms with Gasteiger partial charge >= 0.3 is 0 Å². The summed E-state index contributed by atoms with van der Waals surface area (Å²) in [6.45, 7) is 1.98. The molecule has 1 aliphatic rings. The van der Waals surface area contributed by atoms with Crippen LogP contribution in [0.25, 0.3) is 0 Å². The molecule has 0 unspecified atom stereocenters. The predicted molar refractivity (Wildman–Crippen MR) is 55.1 cm³/mol. The van der Waals surface area contributed by atoms with Crippen LogP contribution in [0, 0.1) is 6.92 Å². The Kier molecular flexibility index (Phi) is 2.11. The van der Waals surface area contributed by atoms with Gasteiger partial charge in [0.1, 0.15) is 5.75 Å². The number of fused-ring (bicyclic) bond motifs is 1. The van der Waals surface area contributed by atoms with E-state index in [1.54, 1.807) is 18.0 Å². The number of amides is 1. The van der Waals surface area contributed by atoms with Crippen molar-refractivity contribution in [3.63, 3.8) is 0 Å². The number of likely N-dealkylation sites (N-methyl/N-ethyl adjacent to an activating group) is 1. The minimum atomic E-state index is -0.0424. The maximum atomic E-state index is 11.3. The lowest BCUT2D eigenvalue weighted by Gasteiger charge is -2.26. The summed E-state index contributed by atoms with van der Waals surface area (Å²) in [6, 6.07) is 3.60. The van der Waals surface area contributed by atoms with Crippen LogP contribution in [0.1, 0.15) is 5.56 Å². The fourth-order valence-corrected chi connectivity index (χ4v) is 1.55. The zero-order valence-corrected chi connectivity index (χ0v) is 8.76. The summed E-state index contributed by atoms with van der Waals surface area (Å²) in [5.41, 5.74) is 1.72. The molecule has 0 fully saturated rings. The number of rotatable bonds is 0. The van der Waals surface area contributed by atoms with E-state index in [9.17, 15) is 4.79 Å². The van der Waals surface area contributed by atoms with Crippen molar-refractivity contribution >= 4 is 23.2 Å². The zero-order valence-electron chi connectivity index (χ0n) is 8.00. The predicted octanol–water partition coefficient (Wildman–Crippen LogP) is 2.00. The number of halogens is 1. The van der Waals surface area contributed by atoms with E-state index < -0.39 is 0 Å².